The zero-order valence-corrected chi connectivity index (χ0v) is 20.2. The van der Waals surface area contributed by atoms with Crippen molar-refractivity contribution in [1.29, 1.82) is 0 Å². The minimum atomic E-state index is -0.0853. The fourth-order valence-corrected chi connectivity index (χ4v) is 6.32. The first-order chi connectivity index (χ1) is 16.1. The van der Waals surface area contributed by atoms with Crippen LogP contribution in [0.4, 0.5) is 0 Å². The Labute approximate surface area is 200 Å². The van der Waals surface area contributed by atoms with E-state index in [0.717, 1.165) is 32.5 Å². The summed E-state index contributed by atoms with van der Waals surface area (Å²) in [6.07, 6.45) is 3.99. The fraction of sp³-hybridized carbons (Fsp3) is 0.393. The van der Waals surface area contributed by atoms with E-state index in [2.05, 4.69) is 76.9 Å². The van der Waals surface area contributed by atoms with Gasteiger partial charge in [-0.15, -0.1) is 0 Å². The van der Waals surface area contributed by atoms with Crippen LogP contribution in [-0.4, -0.2) is 49.1 Å². The Balaban J connectivity index is 1.35. The van der Waals surface area contributed by atoms with Gasteiger partial charge in [0, 0.05) is 19.1 Å². The Morgan fingerprint density at radius 3 is 2.55 bits per heavy atom. The molecule has 4 nitrogen and oxygen atoms in total. The van der Waals surface area contributed by atoms with Gasteiger partial charge in [-0.25, -0.2) is 0 Å². The minimum absolute atomic E-state index is 0.0384. The van der Waals surface area contributed by atoms with Crippen molar-refractivity contribution in [2.75, 3.05) is 32.2 Å². The zero-order valence-electron chi connectivity index (χ0n) is 19.4. The van der Waals surface area contributed by atoms with Crippen LogP contribution in [0.2, 0.25) is 0 Å². The number of benzene rings is 3. The average Bonchev–Trinajstić information content (AvgIpc) is 3.09. The smallest absolute Gasteiger partial charge is 0.230 e. The van der Waals surface area contributed by atoms with Crippen molar-refractivity contribution in [3.63, 3.8) is 0 Å². The fourth-order valence-electron chi connectivity index (χ4n) is 5.98. The van der Waals surface area contributed by atoms with Crippen molar-refractivity contribution in [1.82, 2.24) is 10.2 Å². The summed E-state index contributed by atoms with van der Waals surface area (Å²) in [5, 5.41) is 5.87. The number of nitrogens with zero attached hydrogens (tertiary/aromatic N) is 1. The molecule has 1 aliphatic carbocycles. The molecule has 3 aromatic rings. The molecule has 172 valence electrons. The van der Waals surface area contributed by atoms with E-state index in [-0.39, 0.29) is 23.5 Å². The number of likely N-dealkylation sites (tertiary alicyclic amines) is 1. The third-order valence-corrected chi connectivity index (χ3v) is 8.04. The lowest BCUT2D eigenvalue weighted by Crippen LogP contribution is -2.50. The maximum atomic E-state index is 12.5. The SMILES string of the molecule is CO[C@H]1[C@H](NC(=O)CSC)c2ccccc2C12CCN(Cc1ccc3ccccc3c1)CC2. The number of rotatable bonds is 6. The number of nitrogens with one attached hydrogen (secondary N) is 1. The molecule has 0 saturated carbocycles. The van der Waals surface area contributed by atoms with Gasteiger partial charge < -0.3 is 10.1 Å². The molecule has 2 atom stereocenters. The van der Waals surface area contributed by atoms with Crippen LogP contribution in [0.3, 0.4) is 0 Å². The molecule has 1 aliphatic heterocycles. The number of hydrogen-bond acceptors (Lipinski definition) is 4. The summed E-state index contributed by atoms with van der Waals surface area (Å²) < 4.78 is 6.14. The lowest BCUT2D eigenvalue weighted by atomic mass is 9.72. The Bertz CT molecular complexity index is 1140. The molecule has 0 aromatic heterocycles. The summed E-state index contributed by atoms with van der Waals surface area (Å²) in [5.74, 6) is 0.553. The highest BCUT2D eigenvalue weighted by atomic mass is 32.2. The van der Waals surface area contributed by atoms with E-state index in [1.807, 2.05) is 6.26 Å². The molecule has 0 radical (unpaired) electrons. The van der Waals surface area contributed by atoms with Crippen molar-refractivity contribution in [2.45, 2.75) is 36.9 Å². The normalized spacial score (nSPS) is 21.9. The van der Waals surface area contributed by atoms with Crippen LogP contribution in [-0.2, 0) is 21.5 Å². The van der Waals surface area contributed by atoms with Crippen molar-refractivity contribution in [2.24, 2.45) is 0 Å². The number of thioether (sulfide) groups is 1. The van der Waals surface area contributed by atoms with E-state index >= 15 is 0 Å². The van der Waals surface area contributed by atoms with E-state index < -0.39 is 0 Å². The second-order valence-electron chi connectivity index (χ2n) is 9.34. The minimum Gasteiger partial charge on any atom is -0.378 e. The van der Waals surface area contributed by atoms with Gasteiger partial charge in [-0.2, -0.15) is 11.8 Å². The highest BCUT2D eigenvalue weighted by Crippen LogP contribution is 2.52. The molecule has 1 fully saturated rings. The summed E-state index contributed by atoms with van der Waals surface area (Å²) in [5.41, 5.74) is 3.89. The second-order valence-corrected chi connectivity index (χ2v) is 10.2. The number of fused-ring (bicyclic) bond motifs is 3. The standard InChI is InChI=1S/C28H32N2O2S/c1-32-27-26(29-25(31)19-33-2)23-9-5-6-10-24(23)28(27)13-15-30(16-14-28)18-20-11-12-21-7-3-4-8-22(21)17-20/h3-12,17,26-27H,13-16,18-19H2,1-2H3,(H,29,31)/t26-,27+/m1/s1. The zero-order chi connectivity index (χ0) is 22.8. The Morgan fingerprint density at radius 2 is 1.79 bits per heavy atom. The molecule has 1 spiro atoms. The first-order valence-electron chi connectivity index (χ1n) is 11.7. The monoisotopic (exact) mass is 460 g/mol. The molecule has 1 amide bonds. The number of carbonyl (C=O) groups excluding carboxylic acids is 1. The predicted molar refractivity (Wildman–Crippen MR) is 137 cm³/mol. The summed E-state index contributed by atoms with van der Waals surface area (Å²) in [7, 11) is 1.80. The summed E-state index contributed by atoms with van der Waals surface area (Å²) >= 11 is 1.55. The quantitative estimate of drug-likeness (QED) is 0.567. The number of amides is 1. The molecule has 1 N–H and O–H groups in total. The van der Waals surface area contributed by atoms with E-state index in [4.69, 9.17) is 4.74 Å². The highest BCUT2D eigenvalue weighted by Gasteiger charge is 2.53. The van der Waals surface area contributed by atoms with Crippen LogP contribution in [0.25, 0.3) is 10.8 Å². The number of hydrogen-bond donors (Lipinski definition) is 1. The average molecular weight is 461 g/mol. The van der Waals surface area contributed by atoms with Gasteiger partial charge in [0.1, 0.15) is 0 Å². The number of methoxy groups -OCH3 is 1. The van der Waals surface area contributed by atoms with Gasteiger partial charge >= 0.3 is 0 Å². The topological polar surface area (TPSA) is 41.6 Å². The molecular weight excluding hydrogens is 428 g/mol. The first kappa shape index (κ1) is 22.5. The molecular formula is C28H32N2O2S. The van der Waals surface area contributed by atoms with Crippen molar-refractivity contribution >= 4 is 28.4 Å². The van der Waals surface area contributed by atoms with Crippen LogP contribution in [0, 0.1) is 0 Å². The molecule has 5 rings (SSSR count). The predicted octanol–water partition coefficient (Wildman–Crippen LogP) is 4.92. The van der Waals surface area contributed by atoms with Crippen molar-refractivity contribution in [3.8, 4) is 0 Å². The van der Waals surface area contributed by atoms with Crippen LogP contribution in [0.1, 0.15) is 35.6 Å². The molecule has 1 saturated heterocycles. The Hall–Kier alpha value is -2.34. The van der Waals surface area contributed by atoms with Crippen LogP contribution >= 0.6 is 11.8 Å². The third-order valence-electron chi connectivity index (χ3n) is 7.49. The molecule has 5 heteroatoms. The van der Waals surface area contributed by atoms with Crippen molar-refractivity contribution in [3.05, 3.63) is 83.4 Å². The lowest BCUT2D eigenvalue weighted by Gasteiger charge is -2.44. The summed E-state index contributed by atoms with van der Waals surface area (Å²) in [6, 6.07) is 23.9. The maximum Gasteiger partial charge on any atom is 0.230 e. The van der Waals surface area contributed by atoms with Crippen LogP contribution in [0.15, 0.2) is 66.7 Å². The lowest BCUT2D eigenvalue weighted by molar-refractivity contribution is -0.121. The molecule has 33 heavy (non-hydrogen) atoms. The second kappa shape index (κ2) is 9.49. The Kier molecular flexibility index (Phi) is 6.46. The third kappa shape index (κ3) is 4.18. The van der Waals surface area contributed by atoms with Gasteiger partial charge in [0.15, 0.2) is 0 Å². The van der Waals surface area contributed by atoms with E-state index in [1.54, 1.807) is 18.9 Å². The highest BCUT2D eigenvalue weighted by molar-refractivity contribution is 7.99. The Morgan fingerprint density at radius 1 is 1.06 bits per heavy atom. The number of ether oxygens (including phenoxy) is 1. The van der Waals surface area contributed by atoms with E-state index in [0.29, 0.717) is 5.75 Å². The van der Waals surface area contributed by atoms with E-state index in [1.165, 1.54) is 27.5 Å². The summed E-state index contributed by atoms with van der Waals surface area (Å²) in [6.45, 7) is 3.01. The molecule has 1 heterocycles. The summed E-state index contributed by atoms with van der Waals surface area (Å²) in [4.78, 5) is 15.1. The van der Waals surface area contributed by atoms with Gasteiger partial charge in [-0.1, -0.05) is 60.7 Å². The molecule has 0 unspecified atom stereocenters. The van der Waals surface area contributed by atoms with Gasteiger partial charge in [0.05, 0.1) is 17.9 Å². The largest absolute Gasteiger partial charge is 0.378 e. The maximum absolute atomic E-state index is 12.5. The van der Waals surface area contributed by atoms with Gasteiger partial charge in [-0.3, -0.25) is 9.69 Å². The molecule has 2 aliphatic rings. The first-order valence-corrected chi connectivity index (χ1v) is 13.1. The van der Waals surface area contributed by atoms with Gasteiger partial charge in [0.25, 0.3) is 0 Å². The molecule has 3 aromatic carbocycles. The van der Waals surface area contributed by atoms with Gasteiger partial charge in [-0.05, 0) is 65.7 Å². The number of carbonyl (C=O) groups is 1. The van der Waals surface area contributed by atoms with Gasteiger partial charge in [0.2, 0.25) is 5.91 Å². The van der Waals surface area contributed by atoms with Crippen LogP contribution < -0.4 is 5.32 Å². The molecule has 0 bridgehead atoms. The van der Waals surface area contributed by atoms with Crippen LogP contribution in [0.5, 0.6) is 0 Å². The van der Waals surface area contributed by atoms with E-state index in [9.17, 15) is 4.79 Å². The number of piperidine rings is 1. The van der Waals surface area contributed by atoms with Crippen molar-refractivity contribution < 1.29 is 9.53 Å².